The molecule has 0 spiro atoms. The summed E-state index contributed by atoms with van der Waals surface area (Å²) in [7, 11) is 0. The number of nitrogens with one attached hydrogen (secondary N) is 4. The number of hydrogen-bond donors (Lipinski definition) is 6. The lowest BCUT2D eigenvalue weighted by atomic mass is 10.0. The molecule has 4 atom stereocenters. The molecule has 0 aliphatic heterocycles. The maximum atomic E-state index is 13.0. The van der Waals surface area contributed by atoms with Crippen LogP contribution in [0.4, 0.5) is 0 Å². The number of hydrogen-bond acceptors (Lipinski definition) is 7. The molecule has 174 valence electrons. The van der Waals surface area contributed by atoms with Crippen molar-refractivity contribution in [2.24, 2.45) is 11.7 Å². The number of aromatic nitrogens is 2. The fraction of sp³-hybridized carbons (Fsp3) is 0.632. The van der Waals surface area contributed by atoms with Crippen molar-refractivity contribution < 1.29 is 24.3 Å². The minimum Gasteiger partial charge on any atom is -0.480 e. The van der Waals surface area contributed by atoms with Crippen LogP contribution in [-0.4, -0.2) is 74.9 Å². The molecule has 1 aromatic rings. The largest absolute Gasteiger partial charge is 0.480 e. The van der Waals surface area contributed by atoms with Gasteiger partial charge in [0.2, 0.25) is 17.7 Å². The second-order valence-corrected chi connectivity index (χ2v) is 8.53. The van der Waals surface area contributed by atoms with Crippen molar-refractivity contribution in [3.8, 4) is 0 Å². The predicted octanol–water partition coefficient (Wildman–Crippen LogP) is -0.752. The molecule has 4 unspecified atom stereocenters. The third-order valence-electron chi connectivity index (χ3n) is 4.50. The Bertz CT molecular complexity index is 740. The van der Waals surface area contributed by atoms with E-state index < -0.39 is 47.9 Å². The van der Waals surface area contributed by atoms with Gasteiger partial charge in [0.1, 0.15) is 18.1 Å². The molecule has 0 saturated heterocycles. The Morgan fingerprint density at radius 1 is 1.10 bits per heavy atom. The van der Waals surface area contributed by atoms with Gasteiger partial charge in [-0.05, 0) is 31.3 Å². The van der Waals surface area contributed by atoms with Crippen molar-refractivity contribution in [1.29, 1.82) is 0 Å². The molecule has 3 amide bonds. The first-order valence-electron chi connectivity index (χ1n) is 9.92. The molecule has 1 aromatic heterocycles. The van der Waals surface area contributed by atoms with Gasteiger partial charge in [-0.2, -0.15) is 11.8 Å². The Kier molecular flexibility index (Phi) is 11.0. The van der Waals surface area contributed by atoms with E-state index in [1.165, 1.54) is 31.2 Å². The summed E-state index contributed by atoms with van der Waals surface area (Å²) < 4.78 is 0. The van der Waals surface area contributed by atoms with Crippen LogP contribution in [0.25, 0.3) is 0 Å². The second-order valence-electron chi connectivity index (χ2n) is 7.54. The Labute approximate surface area is 185 Å². The van der Waals surface area contributed by atoms with Crippen molar-refractivity contribution in [3.05, 3.63) is 18.2 Å². The van der Waals surface area contributed by atoms with Gasteiger partial charge in [0.25, 0.3) is 0 Å². The lowest BCUT2D eigenvalue weighted by Crippen LogP contribution is -2.58. The first-order valence-corrected chi connectivity index (χ1v) is 11.3. The van der Waals surface area contributed by atoms with Gasteiger partial charge in [-0.1, -0.05) is 13.8 Å². The molecule has 0 fully saturated rings. The summed E-state index contributed by atoms with van der Waals surface area (Å²) in [5.41, 5.74) is 6.21. The van der Waals surface area contributed by atoms with Crippen molar-refractivity contribution in [2.45, 2.75) is 57.8 Å². The van der Waals surface area contributed by atoms with Crippen LogP contribution in [-0.2, 0) is 25.6 Å². The number of rotatable bonds is 13. The van der Waals surface area contributed by atoms with Gasteiger partial charge < -0.3 is 31.8 Å². The van der Waals surface area contributed by atoms with Crippen LogP contribution in [0.1, 0.15) is 32.9 Å². The number of nitrogens with zero attached hydrogens (tertiary/aromatic N) is 1. The van der Waals surface area contributed by atoms with Crippen LogP contribution in [0.2, 0.25) is 0 Å². The first kappa shape index (κ1) is 26.4. The van der Waals surface area contributed by atoms with Gasteiger partial charge in [-0.3, -0.25) is 14.4 Å². The van der Waals surface area contributed by atoms with Gasteiger partial charge in [0.15, 0.2) is 0 Å². The summed E-state index contributed by atoms with van der Waals surface area (Å²) in [6.45, 7) is 4.85. The zero-order valence-corrected chi connectivity index (χ0v) is 19.0. The van der Waals surface area contributed by atoms with Gasteiger partial charge in [-0.25, -0.2) is 9.78 Å². The average molecular weight is 457 g/mol. The van der Waals surface area contributed by atoms with Crippen molar-refractivity contribution in [2.75, 3.05) is 12.0 Å². The van der Waals surface area contributed by atoms with E-state index in [1.54, 1.807) is 13.8 Å². The van der Waals surface area contributed by atoms with Crippen LogP contribution < -0.4 is 21.7 Å². The Morgan fingerprint density at radius 3 is 2.19 bits per heavy atom. The Hall–Kier alpha value is -2.60. The lowest BCUT2D eigenvalue weighted by Gasteiger charge is -2.25. The standard InChI is InChI=1S/C19H32N6O5S/c1-10(2)15(19(29)30)25-17(27)13(5-6-31-4)23-18(28)14(24-16(26)11(3)20)7-12-8-21-9-22-12/h8-11,13-15H,5-7,20H2,1-4H3,(H,21,22)(H,23,28)(H,24,26)(H,25,27)(H,29,30). The van der Waals surface area contributed by atoms with E-state index in [2.05, 4.69) is 25.9 Å². The van der Waals surface area contributed by atoms with Crippen LogP contribution in [0, 0.1) is 5.92 Å². The molecular formula is C19H32N6O5S. The number of carbonyl (C=O) groups is 4. The van der Waals surface area contributed by atoms with E-state index in [0.29, 0.717) is 17.9 Å². The topological polar surface area (TPSA) is 179 Å². The van der Waals surface area contributed by atoms with E-state index in [-0.39, 0.29) is 12.3 Å². The number of H-pyrrole nitrogens is 1. The highest BCUT2D eigenvalue weighted by Crippen LogP contribution is 2.07. The zero-order chi connectivity index (χ0) is 23.6. The van der Waals surface area contributed by atoms with E-state index in [9.17, 15) is 24.3 Å². The lowest BCUT2D eigenvalue weighted by molar-refractivity contribution is -0.143. The smallest absolute Gasteiger partial charge is 0.326 e. The second kappa shape index (κ2) is 13.0. The molecule has 0 aliphatic carbocycles. The van der Waals surface area contributed by atoms with Gasteiger partial charge >= 0.3 is 5.97 Å². The van der Waals surface area contributed by atoms with Crippen LogP contribution in [0.15, 0.2) is 12.5 Å². The molecular weight excluding hydrogens is 424 g/mol. The van der Waals surface area contributed by atoms with Crippen molar-refractivity contribution in [3.63, 3.8) is 0 Å². The average Bonchev–Trinajstić information content (AvgIpc) is 3.20. The number of amides is 3. The summed E-state index contributed by atoms with van der Waals surface area (Å²) in [6.07, 6.45) is 5.24. The summed E-state index contributed by atoms with van der Waals surface area (Å²) in [5, 5.41) is 17.1. The number of imidazole rings is 1. The normalized spacial score (nSPS) is 14.9. The quantitative estimate of drug-likeness (QED) is 0.224. The Balaban J connectivity index is 2.98. The Morgan fingerprint density at radius 2 is 1.71 bits per heavy atom. The summed E-state index contributed by atoms with van der Waals surface area (Å²) in [6, 6.07) is -3.87. The number of aliphatic carboxylic acids is 1. The maximum absolute atomic E-state index is 13.0. The van der Waals surface area contributed by atoms with Gasteiger partial charge in [0, 0.05) is 18.3 Å². The van der Waals surface area contributed by atoms with Gasteiger partial charge in [-0.15, -0.1) is 0 Å². The molecule has 31 heavy (non-hydrogen) atoms. The maximum Gasteiger partial charge on any atom is 0.326 e. The molecule has 1 rings (SSSR count). The highest BCUT2D eigenvalue weighted by molar-refractivity contribution is 7.98. The third-order valence-corrected chi connectivity index (χ3v) is 5.14. The molecule has 0 saturated carbocycles. The summed E-state index contributed by atoms with van der Waals surface area (Å²) in [4.78, 5) is 56.0. The highest BCUT2D eigenvalue weighted by atomic mass is 32.2. The van der Waals surface area contributed by atoms with E-state index in [1.807, 2.05) is 6.26 Å². The third kappa shape index (κ3) is 8.97. The molecule has 1 heterocycles. The number of carboxylic acids is 1. The summed E-state index contributed by atoms with van der Waals surface area (Å²) >= 11 is 1.49. The monoisotopic (exact) mass is 456 g/mol. The molecule has 11 nitrogen and oxygen atoms in total. The molecule has 7 N–H and O–H groups in total. The van der Waals surface area contributed by atoms with Crippen LogP contribution >= 0.6 is 11.8 Å². The van der Waals surface area contributed by atoms with Crippen molar-refractivity contribution >= 4 is 35.5 Å². The molecule has 0 aliphatic rings. The number of aromatic amines is 1. The fourth-order valence-corrected chi connectivity index (χ4v) is 3.14. The van der Waals surface area contributed by atoms with E-state index >= 15 is 0 Å². The molecule has 0 bridgehead atoms. The van der Waals surface area contributed by atoms with Crippen molar-refractivity contribution in [1.82, 2.24) is 25.9 Å². The fourth-order valence-electron chi connectivity index (χ4n) is 2.67. The molecule has 12 heteroatoms. The summed E-state index contributed by atoms with van der Waals surface area (Å²) in [5.74, 6) is -2.62. The highest BCUT2D eigenvalue weighted by Gasteiger charge is 2.31. The minimum absolute atomic E-state index is 0.116. The van der Waals surface area contributed by atoms with Crippen LogP contribution in [0.3, 0.4) is 0 Å². The van der Waals surface area contributed by atoms with Crippen LogP contribution in [0.5, 0.6) is 0 Å². The SMILES string of the molecule is CSCCC(NC(=O)C(Cc1cnc[nH]1)NC(=O)C(C)N)C(=O)NC(C(=O)O)C(C)C. The number of nitrogens with two attached hydrogens (primary N) is 1. The minimum atomic E-state index is -1.15. The van der Waals surface area contributed by atoms with Gasteiger partial charge in [0.05, 0.1) is 12.4 Å². The molecule has 0 aromatic carbocycles. The predicted molar refractivity (Wildman–Crippen MR) is 117 cm³/mol. The number of thioether (sulfide) groups is 1. The zero-order valence-electron chi connectivity index (χ0n) is 18.2. The van der Waals surface area contributed by atoms with E-state index in [4.69, 9.17) is 5.73 Å². The number of carboxylic acid groups (broad SMARTS) is 1. The number of carbonyl (C=O) groups excluding carboxylic acids is 3. The van der Waals surface area contributed by atoms with E-state index in [0.717, 1.165) is 0 Å². The molecule has 0 radical (unpaired) electrons. The first-order chi connectivity index (χ1) is 14.6.